The van der Waals surface area contributed by atoms with E-state index in [-0.39, 0.29) is 6.07 Å². The molecule has 2 aliphatic rings. The summed E-state index contributed by atoms with van der Waals surface area (Å²) in [7, 11) is 0. The van der Waals surface area contributed by atoms with Crippen LogP contribution in [0.2, 0.25) is 0 Å². The third kappa shape index (κ3) is 3.84. The number of alkyl halides is 6. The highest BCUT2D eigenvalue weighted by molar-refractivity contribution is 5.84. The summed E-state index contributed by atoms with van der Waals surface area (Å²) in [6, 6.07) is 0.836. The number of rotatable bonds is 4. The van der Waals surface area contributed by atoms with Crippen LogP contribution in [0.15, 0.2) is 30.4 Å². The smallest absolute Gasteiger partial charge is 0.416 e. The van der Waals surface area contributed by atoms with Crippen molar-refractivity contribution in [1.82, 2.24) is 0 Å². The first kappa shape index (κ1) is 20.2. The Labute approximate surface area is 153 Å². The summed E-state index contributed by atoms with van der Waals surface area (Å²) in [5, 5.41) is 9.22. The predicted octanol–water partition coefficient (Wildman–Crippen LogP) is 3.42. The van der Waals surface area contributed by atoms with Gasteiger partial charge in [0.25, 0.3) is 0 Å². The molecule has 4 atom stereocenters. The molecule has 0 aromatic heterocycles. The summed E-state index contributed by atoms with van der Waals surface area (Å²) < 4.78 is 87.2. The first-order valence-electron chi connectivity index (χ1n) is 7.89. The van der Waals surface area contributed by atoms with Gasteiger partial charge in [-0.2, -0.15) is 26.3 Å². The van der Waals surface area contributed by atoms with Gasteiger partial charge in [0.1, 0.15) is 18.4 Å². The highest BCUT2D eigenvalue weighted by Crippen LogP contribution is 2.40. The van der Waals surface area contributed by atoms with Crippen LogP contribution in [-0.4, -0.2) is 29.3 Å². The molecule has 0 spiro atoms. The molecule has 0 amide bonds. The third-order valence-electron chi connectivity index (χ3n) is 4.49. The molecule has 0 saturated carbocycles. The van der Waals surface area contributed by atoms with E-state index in [1.807, 2.05) is 0 Å². The summed E-state index contributed by atoms with van der Waals surface area (Å²) in [6.07, 6.45) is -8.84. The molecular formula is C17H12F6O5. The second-order valence-corrected chi connectivity index (χ2v) is 6.36. The van der Waals surface area contributed by atoms with Gasteiger partial charge >= 0.3 is 24.3 Å². The molecule has 1 aromatic carbocycles. The van der Waals surface area contributed by atoms with Crippen molar-refractivity contribution in [3.8, 4) is 0 Å². The van der Waals surface area contributed by atoms with Crippen molar-refractivity contribution in [3.63, 3.8) is 0 Å². The zero-order valence-corrected chi connectivity index (χ0v) is 13.8. The monoisotopic (exact) mass is 410 g/mol. The topological polar surface area (TPSA) is 72.8 Å². The highest BCUT2D eigenvalue weighted by Gasteiger charge is 2.54. The standard InChI is InChI=1S/C17H12F6O5/c18-16(19,20)8-3-7(4-9(5-8)17(21,22)23)6-27-15(26)13-11-2-1-10(28-11)12(13)14(24)25/h1-5,10-13H,6H2,(H,24,25). The Balaban J connectivity index is 1.79. The van der Waals surface area contributed by atoms with Crippen molar-refractivity contribution in [2.24, 2.45) is 11.8 Å². The van der Waals surface area contributed by atoms with Crippen LogP contribution in [0.1, 0.15) is 16.7 Å². The van der Waals surface area contributed by atoms with Crippen LogP contribution in [0, 0.1) is 11.8 Å². The molecule has 0 aliphatic carbocycles. The molecular weight excluding hydrogens is 398 g/mol. The fourth-order valence-corrected chi connectivity index (χ4v) is 3.24. The second kappa shape index (κ2) is 6.80. The van der Waals surface area contributed by atoms with Crippen molar-refractivity contribution >= 4 is 11.9 Å². The molecule has 2 aliphatic heterocycles. The minimum absolute atomic E-state index is 0.0413. The Morgan fingerprint density at radius 3 is 1.89 bits per heavy atom. The average Bonchev–Trinajstić information content (AvgIpc) is 3.19. The molecule has 0 radical (unpaired) electrons. The van der Waals surface area contributed by atoms with Crippen LogP contribution < -0.4 is 0 Å². The molecule has 5 nitrogen and oxygen atoms in total. The van der Waals surface area contributed by atoms with Crippen molar-refractivity contribution in [3.05, 3.63) is 47.0 Å². The Hall–Kier alpha value is -2.56. The van der Waals surface area contributed by atoms with Gasteiger partial charge in [-0.1, -0.05) is 12.2 Å². The average molecular weight is 410 g/mol. The van der Waals surface area contributed by atoms with Crippen LogP contribution >= 0.6 is 0 Å². The summed E-state index contributed by atoms with van der Waals surface area (Å²) in [5.74, 6) is -4.87. The molecule has 1 fully saturated rings. The van der Waals surface area contributed by atoms with Crippen LogP contribution in [0.25, 0.3) is 0 Å². The molecule has 3 rings (SSSR count). The number of fused-ring (bicyclic) bond motifs is 2. The minimum atomic E-state index is -5.03. The van der Waals surface area contributed by atoms with Crippen molar-refractivity contribution in [2.75, 3.05) is 0 Å². The number of carboxylic acid groups (broad SMARTS) is 1. The molecule has 1 N–H and O–H groups in total. The quantitative estimate of drug-likeness (QED) is 0.468. The van der Waals surface area contributed by atoms with Crippen LogP contribution in [0.3, 0.4) is 0 Å². The van der Waals surface area contributed by atoms with Gasteiger partial charge in [0.05, 0.1) is 23.3 Å². The SMILES string of the molecule is O=C(O)C1C2C=CC(O2)C1C(=O)OCc1cc(C(F)(F)F)cc(C(F)(F)F)c1. The summed E-state index contributed by atoms with van der Waals surface area (Å²) >= 11 is 0. The molecule has 2 heterocycles. The molecule has 1 saturated heterocycles. The number of carboxylic acids is 1. The second-order valence-electron chi connectivity index (χ2n) is 6.36. The van der Waals surface area contributed by atoms with Gasteiger partial charge in [-0.3, -0.25) is 9.59 Å². The Morgan fingerprint density at radius 1 is 0.929 bits per heavy atom. The van der Waals surface area contributed by atoms with Gasteiger partial charge < -0.3 is 14.6 Å². The van der Waals surface area contributed by atoms with E-state index in [0.29, 0.717) is 12.1 Å². The van der Waals surface area contributed by atoms with E-state index >= 15 is 0 Å². The fourth-order valence-electron chi connectivity index (χ4n) is 3.24. The van der Waals surface area contributed by atoms with Crippen molar-refractivity contribution in [2.45, 2.75) is 31.2 Å². The number of hydrogen-bond donors (Lipinski definition) is 1. The van der Waals surface area contributed by atoms with Crippen LogP contribution in [0.5, 0.6) is 0 Å². The normalized spacial score (nSPS) is 26.5. The summed E-state index contributed by atoms with van der Waals surface area (Å²) in [6.45, 7) is -0.879. The van der Waals surface area contributed by atoms with Gasteiger partial charge in [0, 0.05) is 0 Å². The lowest BCUT2D eigenvalue weighted by atomic mass is 9.83. The van der Waals surface area contributed by atoms with E-state index in [0.717, 1.165) is 0 Å². The van der Waals surface area contributed by atoms with Crippen molar-refractivity contribution in [1.29, 1.82) is 0 Å². The maximum atomic E-state index is 12.9. The predicted molar refractivity (Wildman–Crippen MR) is 78.7 cm³/mol. The molecule has 28 heavy (non-hydrogen) atoms. The Morgan fingerprint density at radius 2 is 1.43 bits per heavy atom. The molecule has 1 aromatic rings. The van der Waals surface area contributed by atoms with E-state index in [1.165, 1.54) is 12.2 Å². The summed E-state index contributed by atoms with van der Waals surface area (Å²) in [5.41, 5.74) is -3.60. The van der Waals surface area contributed by atoms with Crippen molar-refractivity contribution < 1.29 is 50.5 Å². The van der Waals surface area contributed by atoms with Gasteiger partial charge in [0.2, 0.25) is 0 Å². The highest BCUT2D eigenvalue weighted by atomic mass is 19.4. The van der Waals surface area contributed by atoms with Gasteiger partial charge in [-0.25, -0.2) is 0 Å². The van der Waals surface area contributed by atoms with E-state index in [4.69, 9.17) is 9.47 Å². The Bertz CT molecular complexity index is 796. The number of carbonyl (C=O) groups is 2. The number of hydrogen-bond acceptors (Lipinski definition) is 4. The third-order valence-corrected chi connectivity index (χ3v) is 4.49. The van der Waals surface area contributed by atoms with E-state index < -0.39 is 71.6 Å². The number of benzene rings is 1. The van der Waals surface area contributed by atoms with Crippen LogP contribution in [0.4, 0.5) is 26.3 Å². The number of esters is 1. The molecule has 2 bridgehead atoms. The van der Waals surface area contributed by atoms with E-state index in [2.05, 4.69) is 0 Å². The van der Waals surface area contributed by atoms with Gasteiger partial charge in [-0.05, 0) is 23.8 Å². The maximum absolute atomic E-state index is 12.9. The van der Waals surface area contributed by atoms with Gasteiger partial charge in [0.15, 0.2) is 0 Å². The minimum Gasteiger partial charge on any atom is -0.481 e. The zero-order chi connectivity index (χ0) is 20.9. The first-order chi connectivity index (χ1) is 12.9. The number of aliphatic carboxylic acids is 1. The summed E-state index contributed by atoms with van der Waals surface area (Å²) in [4.78, 5) is 23.6. The molecule has 4 unspecified atom stereocenters. The zero-order valence-electron chi connectivity index (χ0n) is 13.8. The van der Waals surface area contributed by atoms with Gasteiger partial charge in [-0.15, -0.1) is 0 Å². The first-order valence-corrected chi connectivity index (χ1v) is 7.89. The Kier molecular flexibility index (Phi) is 4.90. The molecule has 152 valence electrons. The lowest BCUT2D eigenvalue weighted by Gasteiger charge is -2.20. The maximum Gasteiger partial charge on any atom is 0.416 e. The lowest BCUT2D eigenvalue weighted by molar-refractivity contribution is -0.157. The molecule has 11 heteroatoms. The number of carbonyl (C=O) groups excluding carboxylic acids is 1. The fraction of sp³-hybridized carbons (Fsp3) is 0.412. The van der Waals surface area contributed by atoms with E-state index in [1.54, 1.807) is 0 Å². The number of ether oxygens (including phenoxy) is 2. The van der Waals surface area contributed by atoms with Crippen LogP contribution in [-0.2, 0) is 38.0 Å². The number of halogens is 6. The lowest BCUT2D eigenvalue weighted by Crippen LogP contribution is -2.37. The largest absolute Gasteiger partial charge is 0.481 e. The van der Waals surface area contributed by atoms with E-state index in [9.17, 15) is 41.0 Å².